The minimum atomic E-state index is -2.42. The Hall–Kier alpha value is -1.57. The van der Waals surface area contributed by atoms with Crippen molar-refractivity contribution in [2.24, 2.45) is 16.8 Å². The largest absolute Gasteiger partial charge is 0.325 e. The number of nitrogens with zero attached hydrogens (tertiary/aromatic N) is 3. The van der Waals surface area contributed by atoms with E-state index in [-0.39, 0.29) is 11.1 Å². The number of para-hydroxylation sites is 1. The summed E-state index contributed by atoms with van der Waals surface area (Å²) in [5.41, 5.74) is 6.19. The third-order valence-electron chi connectivity index (χ3n) is 9.72. The molecule has 3 aliphatic rings. The summed E-state index contributed by atoms with van der Waals surface area (Å²) in [6.07, 6.45) is 3.60. The van der Waals surface area contributed by atoms with E-state index in [4.69, 9.17) is 4.99 Å². The molecule has 0 radical (unpaired) electrons. The first kappa shape index (κ1) is 32.8. The first-order valence-corrected chi connectivity index (χ1v) is 21.9. The highest BCUT2D eigenvalue weighted by atomic mass is 31.2. The molecule has 2 aromatic rings. The molecule has 2 unspecified atom stereocenters. The van der Waals surface area contributed by atoms with Crippen molar-refractivity contribution < 1.29 is 4.46 Å². The molecule has 2 saturated carbocycles. The molecule has 2 bridgehead atoms. The Kier molecular flexibility index (Phi) is 8.66. The number of hydrogen-bond donors (Lipinski definition) is 0. The maximum absolute atomic E-state index is 13.9. The van der Waals surface area contributed by atoms with Gasteiger partial charge in [0.05, 0.1) is 16.3 Å². The van der Waals surface area contributed by atoms with Crippen LogP contribution in [0.1, 0.15) is 117 Å². The van der Waals surface area contributed by atoms with Gasteiger partial charge < -0.3 is 4.46 Å². The smallest absolute Gasteiger partial charge is 0.273 e. The first-order chi connectivity index (χ1) is 20.0. The summed E-state index contributed by atoms with van der Waals surface area (Å²) in [5, 5.41) is 1.55. The molecule has 0 N–H and O–H groups in total. The van der Waals surface area contributed by atoms with Crippen LogP contribution in [0.25, 0.3) is 0 Å². The fourth-order valence-corrected chi connectivity index (χ4v) is 27.0. The van der Waals surface area contributed by atoms with E-state index in [0.29, 0.717) is 23.7 Å². The lowest BCUT2D eigenvalue weighted by atomic mass is 9.92. The molecule has 0 aromatic heterocycles. The van der Waals surface area contributed by atoms with E-state index in [0.717, 1.165) is 10.5 Å². The molecule has 3 fully saturated rings. The molecule has 0 amide bonds. The fourth-order valence-electron chi connectivity index (χ4n) is 9.02. The minimum absolute atomic E-state index is 0.0796. The van der Waals surface area contributed by atoms with Crippen molar-refractivity contribution in [2.45, 2.75) is 125 Å². The van der Waals surface area contributed by atoms with Gasteiger partial charge in [0.15, 0.2) is 0 Å². The van der Waals surface area contributed by atoms with Gasteiger partial charge in [0, 0.05) is 29.5 Å². The van der Waals surface area contributed by atoms with Crippen molar-refractivity contribution in [3.8, 4) is 0 Å². The molecule has 0 spiro atoms. The summed E-state index contributed by atoms with van der Waals surface area (Å²) < 4.78 is 19.7. The molecule has 43 heavy (non-hydrogen) atoms. The maximum Gasteiger partial charge on any atom is 0.273 e. The van der Waals surface area contributed by atoms with Gasteiger partial charge in [-0.25, -0.2) is 0 Å². The predicted octanol–water partition coefficient (Wildman–Crippen LogP) is 9.60. The van der Waals surface area contributed by atoms with Gasteiger partial charge >= 0.3 is 0 Å². The van der Waals surface area contributed by atoms with Crippen LogP contribution in [0, 0.1) is 11.8 Å². The highest BCUT2D eigenvalue weighted by Gasteiger charge is 2.69. The number of aliphatic imine (C=N–C) groups is 1. The Morgan fingerprint density at radius 1 is 0.837 bits per heavy atom. The van der Waals surface area contributed by atoms with E-state index in [9.17, 15) is 4.46 Å². The Balaban J connectivity index is 2.00. The zero-order chi connectivity index (χ0) is 31.7. The molecule has 1 aliphatic heterocycles. The third kappa shape index (κ3) is 5.17. The standard InChI is InChI=1S/C36H54N3OPSi2/c1-24(2)29-19-16-20-30(25(3)4)32(29)37-31-27-21-22-28(23-27)33(31)41(34(42-40)26-17-14-13-15-18-26)38(35(5,6)7)43(11,12)39(41)36(8,9)10/h13-20,24-25,27-28H,21-23H2,1-12H3. The predicted molar refractivity (Wildman–Crippen MR) is 192 cm³/mol. The summed E-state index contributed by atoms with van der Waals surface area (Å²) in [4.78, 5) is 7.00. The van der Waals surface area contributed by atoms with Gasteiger partial charge in [0.1, 0.15) is 0 Å². The summed E-state index contributed by atoms with van der Waals surface area (Å²) >= 11 is 0. The second-order valence-corrected chi connectivity index (χ2v) is 24.8. The van der Waals surface area contributed by atoms with E-state index >= 15 is 0 Å². The maximum atomic E-state index is 13.9. The molecule has 1 saturated heterocycles. The average Bonchev–Trinajstić information content (AvgIpc) is 3.49. The number of hydrogen-bond acceptors (Lipinski definition) is 4. The Labute approximate surface area is 265 Å². The number of rotatable bonds is 5. The second-order valence-electron chi connectivity index (χ2n) is 16.1. The topological polar surface area (TPSA) is 35.9 Å². The molecule has 1 heterocycles. The van der Waals surface area contributed by atoms with Crippen LogP contribution in [0.15, 0.2) is 53.5 Å². The zero-order valence-corrected chi connectivity index (χ0v) is 31.6. The average molecular weight is 632 g/mol. The van der Waals surface area contributed by atoms with E-state index in [2.05, 4.69) is 140 Å². The molecular weight excluding hydrogens is 578 g/mol. The molecule has 5 rings (SSSR count). The van der Waals surface area contributed by atoms with Crippen LogP contribution in [0.5, 0.6) is 0 Å². The summed E-state index contributed by atoms with van der Waals surface area (Å²) in [6.45, 7) is 28.6. The fraction of sp³-hybridized carbons (Fsp3) is 0.583. The quantitative estimate of drug-likeness (QED) is 0.244. The lowest BCUT2D eigenvalue weighted by Gasteiger charge is -2.75. The number of benzene rings is 2. The van der Waals surface area contributed by atoms with Crippen LogP contribution in [0.3, 0.4) is 0 Å². The molecule has 2 aliphatic carbocycles. The molecule has 4 nitrogen and oxygen atoms in total. The van der Waals surface area contributed by atoms with Crippen LogP contribution < -0.4 is 0 Å². The van der Waals surface area contributed by atoms with Gasteiger partial charge in [-0.3, -0.25) is 13.7 Å². The summed E-state index contributed by atoms with van der Waals surface area (Å²) in [5.74, 6) is 1.75. The van der Waals surface area contributed by atoms with Gasteiger partial charge in [-0.05, 0) is 108 Å². The van der Waals surface area contributed by atoms with Gasteiger partial charge in [-0.2, -0.15) is 0 Å². The van der Waals surface area contributed by atoms with E-state index in [1.807, 2.05) is 0 Å². The molecule has 7 heteroatoms. The third-order valence-corrected chi connectivity index (χ3v) is 24.0. The van der Waals surface area contributed by atoms with Crippen LogP contribution in [-0.4, -0.2) is 53.1 Å². The highest BCUT2D eigenvalue weighted by Crippen LogP contribution is 2.77. The van der Waals surface area contributed by atoms with Crippen molar-refractivity contribution in [1.82, 2.24) is 8.67 Å². The zero-order valence-electron chi connectivity index (χ0n) is 28.7. The molecule has 2 aromatic carbocycles. The lowest BCUT2D eigenvalue weighted by Crippen LogP contribution is -2.80. The molecule has 232 valence electrons. The Bertz CT molecular complexity index is 1480. The summed E-state index contributed by atoms with van der Waals surface area (Å²) in [6, 6.07) is 17.5. The molecule has 2 atom stereocenters. The molecular formula is C36H54N3OPSi2. The first-order valence-electron chi connectivity index (χ1n) is 16.4. The second kappa shape index (κ2) is 11.3. The van der Waals surface area contributed by atoms with Crippen molar-refractivity contribution >= 4 is 46.2 Å². The van der Waals surface area contributed by atoms with Gasteiger partial charge in [-0.15, -0.1) is 0 Å². The van der Waals surface area contributed by atoms with Crippen molar-refractivity contribution in [2.75, 3.05) is 0 Å². The Morgan fingerprint density at radius 2 is 1.35 bits per heavy atom. The van der Waals surface area contributed by atoms with Gasteiger partial charge in [0.2, 0.25) is 8.40 Å². The van der Waals surface area contributed by atoms with E-state index in [1.54, 1.807) is 5.29 Å². The number of fused-ring (bicyclic) bond motifs is 2. The lowest BCUT2D eigenvalue weighted by molar-refractivity contribution is 0.242. The van der Waals surface area contributed by atoms with Crippen molar-refractivity contribution in [3.63, 3.8) is 0 Å². The van der Waals surface area contributed by atoms with Crippen LogP contribution >= 0.6 is 7.19 Å². The van der Waals surface area contributed by atoms with Crippen LogP contribution in [-0.2, 0) is 4.46 Å². The van der Waals surface area contributed by atoms with E-state index in [1.165, 1.54) is 41.8 Å². The Morgan fingerprint density at radius 3 is 1.81 bits per heavy atom. The monoisotopic (exact) mass is 631 g/mol. The van der Waals surface area contributed by atoms with Gasteiger partial charge in [0.25, 0.3) is 9.02 Å². The normalized spacial score (nSPS) is 24.6. The van der Waals surface area contributed by atoms with Crippen LogP contribution in [0.2, 0.25) is 13.1 Å². The highest BCUT2D eigenvalue weighted by molar-refractivity contribution is 7.96. The van der Waals surface area contributed by atoms with Gasteiger partial charge in [-0.1, -0.05) is 76.2 Å². The van der Waals surface area contributed by atoms with Crippen molar-refractivity contribution in [1.29, 1.82) is 0 Å². The minimum Gasteiger partial charge on any atom is -0.325 e. The van der Waals surface area contributed by atoms with Crippen molar-refractivity contribution in [3.05, 3.63) is 65.2 Å². The van der Waals surface area contributed by atoms with E-state index < -0.39 is 24.6 Å². The summed E-state index contributed by atoms with van der Waals surface area (Å²) in [7, 11) is -5.03. The SMILES string of the molecule is CC(C)c1cccc(C(C)C)c1N=C1C(=P2(C(=[Si]=O)c3ccccc3)N(C(C)(C)C)[Si](C)(C)N2C(C)(C)C)C2CCC1C2. The van der Waals surface area contributed by atoms with Crippen LogP contribution in [0.4, 0.5) is 5.69 Å².